The summed E-state index contributed by atoms with van der Waals surface area (Å²) in [7, 11) is 1.86. The fourth-order valence-electron chi connectivity index (χ4n) is 3.35. The van der Waals surface area contributed by atoms with E-state index in [2.05, 4.69) is 31.1 Å². The van der Waals surface area contributed by atoms with Crippen LogP contribution < -0.4 is 0 Å². The van der Waals surface area contributed by atoms with Gasteiger partial charge in [0.25, 0.3) is 0 Å². The van der Waals surface area contributed by atoms with Crippen molar-refractivity contribution in [2.75, 3.05) is 0 Å². The zero-order chi connectivity index (χ0) is 12.6. The average Bonchev–Trinajstić information content (AvgIpc) is 2.64. The minimum Gasteiger partial charge on any atom is -0.383 e. The number of aliphatic hydroxyl groups is 1. The van der Waals surface area contributed by atoms with E-state index < -0.39 is 5.60 Å². The molecule has 1 aliphatic carbocycles. The van der Waals surface area contributed by atoms with E-state index in [-0.39, 0.29) is 0 Å². The summed E-state index contributed by atoms with van der Waals surface area (Å²) < 4.78 is 1.72. The first kappa shape index (κ1) is 12.6. The van der Waals surface area contributed by atoms with Crippen molar-refractivity contribution in [3.63, 3.8) is 0 Å². The van der Waals surface area contributed by atoms with Crippen LogP contribution in [0, 0.1) is 17.8 Å². The second-order valence-corrected chi connectivity index (χ2v) is 5.90. The van der Waals surface area contributed by atoms with Gasteiger partial charge < -0.3 is 5.11 Å². The van der Waals surface area contributed by atoms with Crippen LogP contribution in [-0.4, -0.2) is 20.1 Å². The maximum Gasteiger partial charge on any atom is 0.111 e. The summed E-state index contributed by atoms with van der Waals surface area (Å²) in [6.07, 6.45) is 4.82. The van der Waals surface area contributed by atoms with E-state index in [9.17, 15) is 5.11 Å². The van der Waals surface area contributed by atoms with E-state index in [0.717, 1.165) is 18.5 Å². The van der Waals surface area contributed by atoms with Gasteiger partial charge in [0, 0.05) is 7.05 Å². The fourth-order valence-corrected chi connectivity index (χ4v) is 3.35. The quantitative estimate of drug-likeness (QED) is 0.857. The van der Waals surface area contributed by atoms with Crippen molar-refractivity contribution < 1.29 is 5.11 Å². The summed E-state index contributed by atoms with van der Waals surface area (Å²) in [5.74, 6) is 1.34. The Morgan fingerprint density at radius 2 is 2.18 bits per heavy atom. The Bertz CT molecular complexity index is 388. The van der Waals surface area contributed by atoms with Crippen LogP contribution >= 0.6 is 0 Å². The molecule has 3 unspecified atom stereocenters. The maximum absolute atomic E-state index is 11.1. The molecular formula is C13H23N3O. The van der Waals surface area contributed by atoms with Crippen LogP contribution in [-0.2, 0) is 12.6 Å². The van der Waals surface area contributed by atoms with E-state index in [0.29, 0.717) is 17.8 Å². The summed E-state index contributed by atoms with van der Waals surface area (Å²) >= 11 is 0. The molecule has 1 aliphatic rings. The van der Waals surface area contributed by atoms with Gasteiger partial charge in [0.05, 0.1) is 11.9 Å². The van der Waals surface area contributed by atoms with Crippen LogP contribution in [0.1, 0.15) is 45.7 Å². The molecule has 1 N–H and O–H groups in total. The molecule has 1 aromatic heterocycles. The molecule has 1 heterocycles. The zero-order valence-electron chi connectivity index (χ0n) is 11.2. The van der Waals surface area contributed by atoms with Gasteiger partial charge in [0.1, 0.15) is 5.60 Å². The normalized spacial score (nSPS) is 34.2. The molecule has 0 aliphatic heterocycles. The summed E-state index contributed by atoms with van der Waals surface area (Å²) in [6.45, 7) is 6.59. The number of hydrogen-bond acceptors (Lipinski definition) is 3. The van der Waals surface area contributed by atoms with Gasteiger partial charge in [-0.3, -0.25) is 0 Å². The summed E-state index contributed by atoms with van der Waals surface area (Å²) in [5.41, 5.74) is 0.104. The number of aryl methyl sites for hydroxylation is 1. The molecule has 0 saturated heterocycles. The highest BCUT2D eigenvalue weighted by Crippen LogP contribution is 2.46. The first-order valence-corrected chi connectivity index (χ1v) is 6.52. The van der Waals surface area contributed by atoms with E-state index in [4.69, 9.17) is 0 Å². The highest BCUT2D eigenvalue weighted by molar-refractivity contribution is 5.12. The van der Waals surface area contributed by atoms with Gasteiger partial charge in [-0.05, 0) is 30.6 Å². The Morgan fingerprint density at radius 3 is 2.71 bits per heavy atom. The topological polar surface area (TPSA) is 50.9 Å². The lowest BCUT2D eigenvalue weighted by Crippen LogP contribution is -2.44. The monoisotopic (exact) mass is 237 g/mol. The molecule has 0 amide bonds. The molecule has 17 heavy (non-hydrogen) atoms. The molecule has 1 aromatic rings. The molecule has 2 rings (SSSR count). The summed E-state index contributed by atoms with van der Waals surface area (Å²) in [4.78, 5) is 0. The third-order valence-corrected chi connectivity index (χ3v) is 4.21. The number of aromatic nitrogens is 3. The SMILES string of the molecule is CC1CCC(C(C)C)C(O)(c2cnnn2C)C1. The Labute approximate surface area is 103 Å². The predicted molar refractivity (Wildman–Crippen MR) is 66.2 cm³/mol. The van der Waals surface area contributed by atoms with Gasteiger partial charge in [0.2, 0.25) is 0 Å². The fraction of sp³-hybridized carbons (Fsp3) is 0.846. The largest absolute Gasteiger partial charge is 0.383 e. The van der Waals surface area contributed by atoms with Crippen molar-refractivity contribution in [2.45, 2.75) is 45.6 Å². The highest BCUT2D eigenvalue weighted by atomic mass is 16.3. The molecule has 0 radical (unpaired) electrons. The Hall–Kier alpha value is -0.900. The minimum atomic E-state index is -0.760. The number of hydrogen-bond donors (Lipinski definition) is 1. The van der Waals surface area contributed by atoms with Gasteiger partial charge in [-0.1, -0.05) is 32.4 Å². The summed E-state index contributed by atoms with van der Waals surface area (Å²) in [6, 6.07) is 0. The molecule has 0 bridgehead atoms. The van der Waals surface area contributed by atoms with Gasteiger partial charge in [-0.15, -0.1) is 5.10 Å². The Morgan fingerprint density at radius 1 is 1.47 bits per heavy atom. The smallest absolute Gasteiger partial charge is 0.111 e. The van der Waals surface area contributed by atoms with Crippen LogP contribution in [0.2, 0.25) is 0 Å². The molecule has 0 spiro atoms. The van der Waals surface area contributed by atoms with E-state index in [1.165, 1.54) is 6.42 Å². The standard InChI is InChI=1S/C13H23N3O/c1-9(2)11-6-5-10(3)7-13(11,17)12-8-14-15-16(12)4/h8-11,17H,5-7H2,1-4H3. The van der Waals surface area contributed by atoms with Crippen LogP contribution in [0.5, 0.6) is 0 Å². The van der Waals surface area contributed by atoms with E-state index in [1.807, 2.05) is 7.05 Å². The molecular weight excluding hydrogens is 214 g/mol. The van der Waals surface area contributed by atoms with Gasteiger partial charge in [-0.25, -0.2) is 4.68 Å². The maximum atomic E-state index is 11.1. The lowest BCUT2D eigenvalue weighted by atomic mass is 9.66. The lowest BCUT2D eigenvalue weighted by molar-refractivity contribution is -0.0920. The predicted octanol–water partition coefficient (Wildman–Crippen LogP) is 2.09. The lowest BCUT2D eigenvalue weighted by Gasteiger charge is -2.44. The third kappa shape index (κ3) is 2.10. The molecule has 0 aromatic carbocycles. The third-order valence-electron chi connectivity index (χ3n) is 4.21. The van der Waals surface area contributed by atoms with Gasteiger partial charge in [-0.2, -0.15) is 0 Å². The van der Waals surface area contributed by atoms with Crippen molar-refractivity contribution in [3.05, 3.63) is 11.9 Å². The Balaban J connectivity index is 2.39. The van der Waals surface area contributed by atoms with Crippen LogP contribution in [0.3, 0.4) is 0 Å². The van der Waals surface area contributed by atoms with Crippen LogP contribution in [0.25, 0.3) is 0 Å². The van der Waals surface area contributed by atoms with Gasteiger partial charge >= 0.3 is 0 Å². The van der Waals surface area contributed by atoms with Gasteiger partial charge in [0.15, 0.2) is 0 Å². The number of nitrogens with zero attached hydrogens (tertiary/aromatic N) is 3. The molecule has 96 valence electrons. The van der Waals surface area contributed by atoms with Crippen LogP contribution in [0.15, 0.2) is 6.20 Å². The first-order chi connectivity index (χ1) is 7.95. The first-order valence-electron chi connectivity index (χ1n) is 6.52. The van der Waals surface area contributed by atoms with E-state index >= 15 is 0 Å². The molecule has 3 atom stereocenters. The second-order valence-electron chi connectivity index (χ2n) is 5.90. The van der Waals surface area contributed by atoms with Crippen molar-refractivity contribution in [2.24, 2.45) is 24.8 Å². The minimum absolute atomic E-state index is 0.302. The highest BCUT2D eigenvalue weighted by Gasteiger charge is 2.45. The van der Waals surface area contributed by atoms with Crippen molar-refractivity contribution in [3.8, 4) is 0 Å². The van der Waals surface area contributed by atoms with E-state index in [1.54, 1.807) is 10.9 Å². The molecule has 4 nitrogen and oxygen atoms in total. The van der Waals surface area contributed by atoms with Crippen molar-refractivity contribution in [1.29, 1.82) is 0 Å². The molecule has 1 saturated carbocycles. The average molecular weight is 237 g/mol. The summed E-state index contributed by atoms with van der Waals surface area (Å²) in [5, 5.41) is 19.0. The van der Waals surface area contributed by atoms with Crippen molar-refractivity contribution in [1.82, 2.24) is 15.0 Å². The molecule has 4 heteroatoms. The van der Waals surface area contributed by atoms with Crippen LogP contribution in [0.4, 0.5) is 0 Å². The van der Waals surface area contributed by atoms with Crippen molar-refractivity contribution >= 4 is 0 Å². The second kappa shape index (κ2) is 4.41. The Kier molecular flexibility index (Phi) is 3.25. The number of rotatable bonds is 2. The zero-order valence-corrected chi connectivity index (χ0v) is 11.2. The molecule has 1 fully saturated rings.